The van der Waals surface area contributed by atoms with Gasteiger partial charge >= 0.3 is 0 Å². The van der Waals surface area contributed by atoms with Gasteiger partial charge in [-0.3, -0.25) is 0 Å². The van der Waals surface area contributed by atoms with Crippen LogP contribution in [0.3, 0.4) is 0 Å². The maximum Gasteiger partial charge on any atom is 0.0139 e. The lowest BCUT2D eigenvalue weighted by Crippen LogP contribution is -2.45. The van der Waals surface area contributed by atoms with E-state index in [1.54, 1.807) is 0 Å². The van der Waals surface area contributed by atoms with Crippen molar-refractivity contribution in [1.29, 1.82) is 0 Å². The number of hydrogen-bond donors (Lipinski definition) is 1. The van der Waals surface area contributed by atoms with Crippen molar-refractivity contribution in [3.8, 4) is 0 Å². The summed E-state index contributed by atoms with van der Waals surface area (Å²) in [4.78, 5) is 0. The normalized spacial score (nSPS) is 24.7. The van der Waals surface area contributed by atoms with Crippen LogP contribution in [-0.4, -0.2) is 6.04 Å². The van der Waals surface area contributed by atoms with Crippen LogP contribution >= 0.6 is 0 Å². The molecule has 1 aromatic carbocycles. The van der Waals surface area contributed by atoms with E-state index in [1.165, 1.54) is 56.9 Å². The van der Waals surface area contributed by atoms with E-state index >= 15 is 0 Å². The second kappa shape index (κ2) is 5.05. The summed E-state index contributed by atoms with van der Waals surface area (Å²) in [6.45, 7) is 0. The average molecular weight is 243 g/mol. The molecular weight excluding hydrogens is 218 g/mol. The van der Waals surface area contributed by atoms with Gasteiger partial charge in [-0.05, 0) is 30.7 Å². The third kappa shape index (κ3) is 2.09. The van der Waals surface area contributed by atoms with E-state index in [1.807, 2.05) is 0 Å². The number of benzene rings is 1. The summed E-state index contributed by atoms with van der Waals surface area (Å²) in [6.07, 6.45) is 10.8. The minimum atomic E-state index is 0.289. The van der Waals surface area contributed by atoms with Crippen molar-refractivity contribution in [2.75, 3.05) is 0 Å². The Morgan fingerprint density at radius 3 is 2.28 bits per heavy atom. The van der Waals surface area contributed by atoms with Crippen LogP contribution in [-0.2, 0) is 5.41 Å². The molecule has 0 aromatic heterocycles. The Kier molecular flexibility index (Phi) is 3.43. The highest BCUT2D eigenvalue weighted by Crippen LogP contribution is 2.46. The highest BCUT2D eigenvalue weighted by Gasteiger charge is 2.41. The summed E-state index contributed by atoms with van der Waals surface area (Å²) in [5.41, 5.74) is 8.44. The topological polar surface area (TPSA) is 26.0 Å². The largest absolute Gasteiger partial charge is 0.327 e. The summed E-state index contributed by atoms with van der Waals surface area (Å²) < 4.78 is 0. The maximum absolute atomic E-state index is 6.66. The van der Waals surface area contributed by atoms with Crippen LogP contribution in [0.25, 0.3) is 0 Å². The van der Waals surface area contributed by atoms with Crippen LogP contribution in [0.4, 0.5) is 0 Å². The highest BCUT2D eigenvalue weighted by molar-refractivity contribution is 5.29. The Balaban J connectivity index is 1.81. The third-order valence-corrected chi connectivity index (χ3v) is 5.37. The van der Waals surface area contributed by atoms with Crippen molar-refractivity contribution in [2.45, 2.75) is 62.8 Å². The molecule has 0 aliphatic heterocycles. The van der Waals surface area contributed by atoms with Crippen molar-refractivity contribution < 1.29 is 0 Å². The summed E-state index contributed by atoms with van der Waals surface area (Å²) >= 11 is 0. The fraction of sp³-hybridized carbons (Fsp3) is 0.647. The molecule has 18 heavy (non-hydrogen) atoms. The predicted molar refractivity (Wildman–Crippen MR) is 76.5 cm³/mol. The minimum Gasteiger partial charge on any atom is -0.327 e. The van der Waals surface area contributed by atoms with Gasteiger partial charge < -0.3 is 5.73 Å². The molecule has 2 fully saturated rings. The van der Waals surface area contributed by atoms with Gasteiger partial charge in [-0.1, -0.05) is 62.4 Å². The van der Waals surface area contributed by atoms with Crippen molar-refractivity contribution in [2.24, 2.45) is 11.7 Å². The molecule has 2 saturated carbocycles. The van der Waals surface area contributed by atoms with E-state index in [4.69, 9.17) is 5.73 Å². The van der Waals surface area contributed by atoms with Gasteiger partial charge in [0.15, 0.2) is 0 Å². The molecule has 0 spiro atoms. The molecule has 1 nitrogen and oxygen atoms in total. The predicted octanol–water partition coefficient (Wildman–Crippen LogP) is 4.02. The first kappa shape index (κ1) is 12.2. The summed E-state index contributed by atoms with van der Waals surface area (Å²) in [7, 11) is 0. The van der Waals surface area contributed by atoms with Crippen LogP contribution in [0.1, 0.15) is 56.9 Å². The van der Waals surface area contributed by atoms with Crippen molar-refractivity contribution in [3.05, 3.63) is 35.9 Å². The minimum absolute atomic E-state index is 0.289. The Labute approximate surface area is 111 Å². The number of nitrogens with two attached hydrogens (primary N) is 1. The van der Waals surface area contributed by atoms with Gasteiger partial charge in [0.05, 0.1) is 0 Å². The van der Waals surface area contributed by atoms with E-state index in [-0.39, 0.29) is 5.41 Å². The molecule has 2 aliphatic carbocycles. The van der Waals surface area contributed by atoms with E-state index in [0.717, 1.165) is 5.92 Å². The van der Waals surface area contributed by atoms with E-state index < -0.39 is 0 Å². The number of rotatable bonds is 4. The first-order valence-electron chi connectivity index (χ1n) is 7.62. The van der Waals surface area contributed by atoms with Gasteiger partial charge in [0.25, 0.3) is 0 Å². The maximum atomic E-state index is 6.66. The summed E-state index contributed by atoms with van der Waals surface area (Å²) in [6, 6.07) is 11.4. The van der Waals surface area contributed by atoms with Crippen molar-refractivity contribution in [3.63, 3.8) is 0 Å². The highest BCUT2D eigenvalue weighted by atomic mass is 14.7. The standard InChI is InChI=1S/C17H25N/c18-16(13-14-7-6-8-14)17(11-4-5-12-17)15-9-2-1-3-10-15/h1-3,9-10,14,16H,4-8,11-13,18H2. The quantitative estimate of drug-likeness (QED) is 0.849. The second-order valence-corrected chi connectivity index (χ2v) is 6.37. The Bertz CT molecular complexity index is 374. The van der Waals surface area contributed by atoms with Gasteiger partial charge in [-0.2, -0.15) is 0 Å². The second-order valence-electron chi connectivity index (χ2n) is 6.37. The van der Waals surface area contributed by atoms with Crippen LogP contribution in [0, 0.1) is 5.92 Å². The molecule has 0 heterocycles. The van der Waals surface area contributed by atoms with Gasteiger partial charge in [0, 0.05) is 11.5 Å². The zero-order valence-electron chi connectivity index (χ0n) is 11.3. The molecule has 2 aliphatic rings. The summed E-state index contributed by atoms with van der Waals surface area (Å²) in [5.74, 6) is 0.918. The van der Waals surface area contributed by atoms with E-state index in [9.17, 15) is 0 Å². The third-order valence-electron chi connectivity index (χ3n) is 5.37. The molecule has 0 saturated heterocycles. The van der Waals surface area contributed by atoms with E-state index in [2.05, 4.69) is 30.3 Å². The van der Waals surface area contributed by atoms with Crippen LogP contribution in [0.2, 0.25) is 0 Å². The molecular formula is C17H25N. The zero-order chi connectivity index (χ0) is 12.4. The lowest BCUT2D eigenvalue weighted by molar-refractivity contribution is 0.225. The van der Waals surface area contributed by atoms with Crippen LogP contribution in [0.5, 0.6) is 0 Å². The van der Waals surface area contributed by atoms with Gasteiger partial charge in [-0.15, -0.1) is 0 Å². The lowest BCUT2D eigenvalue weighted by Gasteiger charge is -2.39. The lowest BCUT2D eigenvalue weighted by atomic mass is 9.68. The SMILES string of the molecule is NC(CC1CCC1)C1(c2ccccc2)CCCC1. The first-order valence-corrected chi connectivity index (χ1v) is 7.62. The van der Waals surface area contributed by atoms with Crippen LogP contribution < -0.4 is 5.73 Å². The molecule has 3 rings (SSSR count). The zero-order valence-corrected chi connectivity index (χ0v) is 11.3. The molecule has 98 valence electrons. The average Bonchev–Trinajstić information content (AvgIpc) is 2.85. The van der Waals surface area contributed by atoms with E-state index in [0.29, 0.717) is 6.04 Å². The molecule has 1 atom stereocenters. The monoisotopic (exact) mass is 243 g/mol. The molecule has 2 N–H and O–H groups in total. The molecule has 1 heteroatoms. The summed E-state index contributed by atoms with van der Waals surface area (Å²) in [5, 5.41) is 0. The Morgan fingerprint density at radius 1 is 1.06 bits per heavy atom. The first-order chi connectivity index (χ1) is 8.81. The Morgan fingerprint density at radius 2 is 1.72 bits per heavy atom. The van der Waals surface area contributed by atoms with Gasteiger partial charge in [0.1, 0.15) is 0 Å². The smallest absolute Gasteiger partial charge is 0.0139 e. The van der Waals surface area contributed by atoms with Gasteiger partial charge in [-0.25, -0.2) is 0 Å². The molecule has 0 amide bonds. The molecule has 1 unspecified atom stereocenters. The van der Waals surface area contributed by atoms with Crippen LogP contribution in [0.15, 0.2) is 30.3 Å². The molecule has 0 radical (unpaired) electrons. The number of hydrogen-bond acceptors (Lipinski definition) is 1. The fourth-order valence-corrected chi connectivity index (χ4v) is 3.96. The van der Waals surface area contributed by atoms with Crippen molar-refractivity contribution >= 4 is 0 Å². The Hall–Kier alpha value is -0.820. The fourth-order valence-electron chi connectivity index (χ4n) is 3.96. The van der Waals surface area contributed by atoms with Crippen molar-refractivity contribution in [1.82, 2.24) is 0 Å². The van der Waals surface area contributed by atoms with Gasteiger partial charge in [0.2, 0.25) is 0 Å². The molecule has 1 aromatic rings. The molecule has 0 bridgehead atoms.